The van der Waals surface area contributed by atoms with E-state index in [9.17, 15) is 9.59 Å². The molecule has 0 aliphatic heterocycles. The van der Waals surface area contributed by atoms with E-state index in [0.717, 1.165) is 0 Å². The Balaban J connectivity index is 2.31. The van der Waals surface area contributed by atoms with E-state index in [1.165, 1.54) is 6.07 Å². The summed E-state index contributed by atoms with van der Waals surface area (Å²) in [4.78, 5) is 23.3. The quantitative estimate of drug-likeness (QED) is 0.711. The second kappa shape index (κ2) is 4.89. The second-order valence-corrected chi connectivity index (χ2v) is 3.86. The average molecular weight is 265 g/mol. The molecular weight excluding hydrogens is 256 g/mol. The molecule has 0 atom stereocenters. The highest BCUT2D eigenvalue weighted by atomic mass is 35.5. The van der Waals surface area contributed by atoms with Gasteiger partial charge in [0.05, 0.1) is 11.4 Å². The number of H-pyrrole nitrogens is 1. The van der Waals surface area contributed by atoms with E-state index in [1.807, 2.05) is 0 Å². The maximum absolute atomic E-state index is 11.9. The van der Waals surface area contributed by atoms with Crippen LogP contribution in [0.1, 0.15) is 10.4 Å². The lowest BCUT2D eigenvalue weighted by Gasteiger charge is -2.07. The number of hydrogen-bond acceptors (Lipinski definition) is 4. The number of aromatic amines is 1. The van der Waals surface area contributed by atoms with Gasteiger partial charge in [-0.3, -0.25) is 9.59 Å². The van der Waals surface area contributed by atoms with E-state index in [0.29, 0.717) is 11.4 Å². The topological polar surface area (TPSA) is 101 Å². The predicted octanol–water partition coefficient (Wildman–Crippen LogP) is 1.26. The highest BCUT2D eigenvalue weighted by Gasteiger charge is 2.12. The molecule has 0 saturated heterocycles. The number of aromatic nitrogens is 2. The van der Waals surface area contributed by atoms with E-state index in [2.05, 4.69) is 15.5 Å². The van der Waals surface area contributed by atoms with Crippen molar-refractivity contribution in [2.45, 2.75) is 0 Å². The minimum Gasteiger partial charge on any atom is -0.397 e. The molecule has 1 aromatic carbocycles. The van der Waals surface area contributed by atoms with Crippen molar-refractivity contribution in [3.05, 3.63) is 51.4 Å². The molecule has 2 aromatic rings. The van der Waals surface area contributed by atoms with Gasteiger partial charge in [0.25, 0.3) is 11.5 Å². The van der Waals surface area contributed by atoms with Crippen LogP contribution in [0.3, 0.4) is 0 Å². The van der Waals surface area contributed by atoms with E-state index < -0.39 is 11.5 Å². The van der Waals surface area contributed by atoms with Crippen molar-refractivity contribution in [1.82, 2.24) is 10.2 Å². The fourth-order valence-corrected chi connectivity index (χ4v) is 1.50. The number of nitrogen functional groups attached to an aromatic ring is 1. The second-order valence-electron chi connectivity index (χ2n) is 3.47. The lowest BCUT2D eigenvalue weighted by Crippen LogP contribution is -2.24. The first kappa shape index (κ1) is 12.1. The summed E-state index contributed by atoms with van der Waals surface area (Å²) in [5.41, 5.74) is 5.76. The van der Waals surface area contributed by atoms with Gasteiger partial charge >= 0.3 is 0 Å². The predicted molar refractivity (Wildman–Crippen MR) is 68.7 cm³/mol. The zero-order chi connectivity index (χ0) is 13.1. The maximum Gasteiger partial charge on any atom is 0.277 e. The number of benzene rings is 1. The number of carbonyl (C=O) groups excluding carboxylic acids is 1. The molecule has 0 unspecified atom stereocenters. The molecule has 18 heavy (non-hydrogen) atoms. The van der Waals surface area contributed by atoms with Crippen LogP contribution >= 0.6 is 11.6 Å². The molecule has 0 aliphatic rings. The van der Waals surface area contributed by atoms with Gasteiger partial charge in [0.2, 0.25) is 0 Å². The van der Waals surface area contributed by atoms with Crippen molar-refractivity contribution in [2.75, 3.05) is 11.1 Å². The maximum atomic E-state index is 11.9. The largest absolute Gasteiger partial charge is 0.397 e. The summed E-state index contributed by atoms with van der Waals surface area (Å²) in [6, 6.07) is 7.91. The van der Waals surface area contributed by atoms with Crippen molar-refractivity contribution in [3.63, 3.8) is 0 Å². The van der Waals surface area contributed by atoms with Crippen molar-refractivity contribution in [3.8, 4) is 0 Å². The number of nitrogens with zero attached hydrogens (tertiary/aromatic N) is 1. The summed E-state index contributed by atoms with van der Waals surface area (Å²) in [6.07, 6.45) is 0. The van der Waals surface area contributed by atoms with Crippen LogP contribution in [-0.4, -0.2) is 16.1 Å². The van der Waals surface area contributed by atoms with E-state index in [-0.39, 0.29) is 10.7 Å². The molecule has 6 nitrogen and oxygen atoms in total. The lowest BCUT2D eigenvalue weighted by molar-refractivity contribution is 0.102. The SMILES string of the molecule is Nc1ccccc1NC(=O)c1cc(Cl)n[nH]c1=O. The number of para-hydroxylation sites is 2. The fourth-order valence-electron chi connectivity index (χ4n) is 1.35. The molecule has 4 N–H and O–H groups in total. The molecule has 0 aliphatic carbocycles. The zero-order valence-corrected chi connectivity index (χ0v) is 9.86. The minimum absolute atomic E-state index is 0.0285. The Morgan fingerprint density at radius 3 is 2.83 bits per heavy atom. The van der Waals surface area contributed by atoms with Crippen LogP contribution in [-0.2, 0) is 0 Å². The summed E-state index contributed by atoms with van der Waals surface area (Å²) in [5.74, 6) is -0.599. The first-order valence-corrected chi connectivity index (χ1v) is 5.37. The summed E-state index contributed by atoms with van der Waals surface area (Å²) < 4.78 is 0. The van der Waals surface area contributed by atoms with Crippen LogP contribution in [0, 0.1) is 0 Å². The third kappa shape index (κ3) is 2.49. The van der Waals surface area contributed by atoms with Crippen molar-refractivity contribution in [1.29, 1.82) is 0 Å². The van der Waals surface area contributed by atoms with Gasteiger partial charge in [-0.25, -0.2) is 5.10 Å². The van der Waals surface area contributed by atoms with Crippen LogP contribution in [0.4, 0.5) is 11.4 Å². The van der Waals surface area contributed by atoms with Crippen molar-refractivity contribution >= 4 is 28.9 Å². The monoisotopic (exact) mass is 264 g/mol. The Labute approximate surface area is 107 Å². The fraction of sp³-hybridized carbons (Fsp3) is 0. The number of amides is 1. The molecule has 7 heteroatoms. The average Bonchev–Trinajstić information content (AvgIpc) is 2.35. The number of anilines is 2. The van der Waals surface area contributed by atoms with E-state index in [1.54, 1.807) is 24.3 Å². The molecule has 1 aromatic heterocycles. The van der Waals surface area contributed by atoms with Crippen molar-refractivity contribution < 1.29 is 4.79 Å². The molecule has 1 amide bonds. The van der Waals surface area contributed by atoms with Crippen LogP contribution in [0.5, 0.6) is 0 Å². The Morgan fingerprint density at radius 1 is 1.39 bits per heavy atom. The minimum atomic E-state index is -0.619. The molecule has 92 valence electrons. The van der Waals surface area contributed by atoms with Gasteiger partial charge in [-0.05, 0) is 18.2 Å². The number of carbonyl (C=O) groups is 1. The highest BCUT2D eigenvalue weighted by Crippen LogP contribution is 2.17. The van der Waals surface area contributed by atoms with Gasteiger partial charge in [0, 0.05) is 0 Å². The molecule has 1 heterocycles. The zero-order valence-electron chi connectivity index (χ0n) is 9.11. The number of nitrogens with two attached hydrogens (primary N) is 1. The highest BCUT2D eigenvalue weighted by molar-refractivity contribution is 6.29. The molecule has 0 fully saturated rings. The Kier molecular flexibility index (Phi) is 3.29. The molecule has 0 bridgehead atoms. The third-order valence-corrected chi connectivity index (χ3v) is 2.42. The van der Waals surface area contributed by atoms with Gasteiger partial charge in [-0.2, -0.15) is 5.10 Å². The Bertz CT molecular complexity index is 653. The van der Waals surface area contributed by atoms with Crippen LogP contribution < -0.4 is 16.6 Å². The standard InChI is InChI=1S/C11H9ClN4O2/c12-9-5-6(11(18)16-15-9)10(17)14-8-4-2-1-3-7(8)13/h1-5H,13H2,(H,14,17)(H,16,18). The van der Waals surface area contributed by atoms with Gasteiger partial charge in [0.1, 0.15) is 10.7 Å². The first-order valence-electron chi connectivity index (χ1n) is 4.99. The van der Waals surface area contributed by atoms with Crippen LogP contribution in [0.2, 0.25) is 5.15 Å². The molecule has 0 spiro atoms. The lowest BCUT2D eigenvalue weighted by atomic mass is 10.2. The molecule has 0 saturated carbocycles. The number of halogens is 1. The van der Waals surface area contributed by atoms with Gasteiger partial charge in [0.15, 0.2) is 0 Å². The Morgan fingerprint density at radius 2 is 2.11 bits per heavy atom. The third-order valence-electron chi connectivity index (χ3n) is 2.23. The van der Waals surface area contributed by atoms with Crippen LogP contribution in [0.25, 0.3) is 0 Å². The normalized spacial score (nSPS) is 10.1. The summed E-state index contributed by atoms with van der Waals surface area (Å²) >= 11 is 5.61. The Hall–Kier alpha value is -2.34. The molecular formula is C11H9ClN4O2. The summed E-state index contributed by atoms with van der Waals surface area (Å²) in [7, 11) is 0. The summed E-state index contributed by atoms with van der Waals surface area (Å²) in [6.45, 7) is 0. The molecule has 0 radical (unpaired) electrons. The van der Waals surface area contributed by atoms with Crippen molar-refractivity contribution in [2.24, 2.45) is 0 Å². The number of hydrogen-bond donors (Lipinski definition) is 3. The van der Waals surface area contributed by atoms with Gasteiger partial charge in [-0.1, -0.05) is 23.7 Å². The number of rotatable bonds is 2. The van der Waals surface area contributed by atoms with Gasteiger partial charge in [-0.15, -0.1) is 0 Å². The van der Waals surface area contributed by atoms with Crippen LogP contribution in [0.15, 0.2) is 35.1 Å². The van der Waals surface area contributed by atoms with Gasteiger partial charge < -0.3 is 11.1 Å². The number of nitrogens with one attached hydrogen (secondary N) is 2. The van der Waals surface area contributed by atoms with E-state index >= 15 is 0 Å². The summed E-state index contributed by atoms with van der Waals surface area (Å²) in [5, 5.41) is 8.14. The molecule has 2 rings (SSSR count). The van der Waals surface area contributed by atoms with E-state index in [4.69, 9.17) is 17.3 Å². The smallest absolute Gasteiger partial charge is 0.277 e. The first-order chi connectivity index (χ1) is 8.58.